The van der Waals surface area contributed by atoms with Crippen LogP contribution in [0, 0.1) is 0 Å². The minimum Gasteiger partial charge on any atom is -0.486 e. The number of fused-ring (bicyclic) bond motifs is 1. The molecule has 1 aliphatic heterocycles. The van der Waals surface area contributed by atoms with Crippen molar-refractivity contribution in [2.24, 2.45) is 0 Å². The summed E-state index contributed by atoms with van der Waals surface area (Å²) in [5, 5.41) is 0.510. The number of benzene rings is 2. The number of amides is 2. The van der Waals surface area contributed by atoms with Gasteiger partial charge in [-0.3, -0.25) is 20.4 Å². The summed E-state index contributed by atoms with van der Waals surface area (Å²) < 4.78 is 16.4. The van der Waals surface area contributed by atoms with Crippen LogP contribution in [0.3, 0.4) is 0 Å². The quantitative estimate of drug-likeness (QED) is 0.659. The smallest absolute Gasteiger partial charge is 0.305 e. The van der Waals surface area contributed by atoms with Crippen molar-refractivity contribution in [2.75, 3.05) is 13.2 Å². The Hall–Kier alpha value is -3.45. The van der Waals surface area contributed by atoms with Gasteiger partial charge in [-0.05, 0) is 42.5 Å². The van der Waals surface area contributed by atoms with E-state index in [-0.39, 0.29) is 5.76 Å². The monoisotopic (exact) mass is 398 g/mol. The molecule has 0 saturated heterocycles. The van der Waals surface area contributed by atoms with E-state index in [1.54, 1.807) is 42.5 Å². The van der Waals surface area contributed by atoms with Crippen LogP contribution in [0.4, 0.5) is 0 Å². The molecule has 0 unspecified atom stereocenters. The average Bonchev–Trinajstić information content (AvgIpc) is 3.22. The Morgan fingerprint density at radius 3 is 2.43 bits per heavy atom. The first-order valence-electron chi connectivity index (χ1n) is 8.47. The number of carbonyl (C=O) groups is 2. The van der Waals surface area contributed by atoms with Crippen molar-refractivity contribution in [2.45, 2.75) is 0 Å². The lowest BCUT2D eigenvalue weighted by Crippen LogP contribution is -2.41. The zero-order valence-electron chi connectivity index (χ0n) is 14.5. The molecule has 0 spiro atoms. The van der Waals surface area contributed by atoms with Crippen LogP contribution in [0.2, 0.25) is 5.02 Å². The molecular weight excluding hydrogens is 384 g/mol. The fourth-order valence-electron chi connectivity index (χ4n) is 2.70. The number of halogens is 1. The van der Waals surface area contributed by atoms with Crippen LogP contribution in [-0.2, 0) is 0 Å². The summed E-state index contributed by atoms with van der Waals surface area (Å²) in [6.45, 7) is 0.884. The molecule has 0 radical (unpaired) electrons. The van der Waals surface area contributed by atoms with E-state index >= 15 is 0 Å². The van der Waals surface area contributed by atoms with Gasteiger partial charge >= 0.3 is 5.91 Å². The zero-order valence-corrected chi connectivity index (χ0v) is 15.3. The van der Waals surface area contributed by atoms with Crippen molar-refractivity contribution in [1.29, 1.82) is 0 Å². The van der Waals surface area contributed by atoms with Crippen LogP contribution < -0.4 is 20.3 Å². The van der Waals surface area contributed by atoms with Gasteiger partial charge in [0.25, 0.3) is 5.91 Å². The van der Waals surface area contributed by atoms with E-state index in [1.807, 2.05) is 6.07 Å². The summed E-state index contributed by atoms with van der Waals surface area (Å²) >= 11 is 6.13. The number of rotatable bonds is 3. The molecule has 2 aromatic carbocycles. The van der Waals surface area contributed by atoms with Gasteiger partial charge < -0.3 is 13.9 Å². The predicted octanol–water partition coefficient (Wildman–Crippen LogP) is 3.45. The highest BCUT2D eigenvalue weighted by Crippen LogP contribution is 2.31. The molecule has 2 heterocycles. The Labute approximate surface area is 165 Å². The lowest BCUT2D eigenvalue weighted by atomic mass is 10.2. The van der Waals surface area contributed by atoms with E-state index in [9.17, 15) is 9.59 Å². The number of hydrogen-bond donors (Lipinski definition) is 2. The average molecular weight is 399 g/mol. The Balaban J connectivity index is 1.41. The van der Waals surface area contributed by atoms with Crippen LogP contribution in [-0.4, -0.2) is 25.0 Å². The van der Waals surface area contributed by atoms with Crippen LogP contribution in [0.25, 0.3) is 11.3 Å². The van der Waals surface area contributed by atoms with Gasteiger partial charge in [-0.2, -0.15) is 0 Å². The van der Waals surface area contributed by atoms with E-state index in [0.717, 1.165) is 0 Å². The van der Waals surface area contributed by atoms with Crippen LogP contribution in [0.15, 0.2) is 59.0 Å². The minimum absolute atomic E-state index is 0.0393. The number of hydrogen-bond acceptors (Lipinski definition) is 5. The summed E-state index contributed by atoms with van der Waals surface area (Å²) in [4.78, 5) is 24.5. The van der Waals surface area contributed by atoms with Crippen molar-refractivity contribution < 1.29 is 23.5 Å². The Morgan fingerprint density at radius 1 is 0.857 bits per heavy atom. The second-order valence-electron chi connectivity index (χ2n) is 5.91. The molecule has 7 nitrogen and oxygen atoms in total. The second-order valence-corrected chi connectivity index (χ2v) is 6.32. The third kappa shape index (κ3) is 3.65. The summed E-state index contributed by atoms with van der Waals surface area (Å²) in [7, 11) is 0. The molecule has 1 aliphatic rings. The van der Waals surface area contributed by atoms with Gasteiger partial charge in [-0.25, -0.2) is 0 Å². The van der Waals surface area contributed by atoms with Gasteiger partial charge in [-0.15, -0.1) is 0 Å². The maximum Gasteiger partial charge on any atom is 0.305 e. The molecule has 3 aromatic rings. The molecule has 0 aliphatic carbocycles. The van der Waals surface area contributed by atoms with E-state index in [2.05, 4.69) is 10.9 Å². The molecule has 0 bridgehead atoms. The van der Waals surface area contributed by atoms with Gasteiger partial charge in [0.05, 0.1) is 5.02 Å². The van der Waals surface area contributed by atoms with Gasteiger partial charge in [0.2, 0.25) is 0 Å². The van der Waals surface area contributed by atoms with Gasteiger partial charge in [0, 0.05) is 11.1 Å². The number of hydrazine groups is 1. The summed E-state index contributed by atoms with van der Waals surface area (Å²) in [5.41, 5.74) is 5.65. The summed E-state index contributed by atoms with van der Waals surface area (Å²) in [5.74, 6) is 0.467. The molecule has 4 rings (SSSR count). The number of nitrogens with one attached hydrogen (secondary N) is 2. The van der Waals surface area contributed by atoms with Gasteiger partial charge in [0.1, 0.15) is 19.0 Å². The van der Waals surface area contributed by atoms with Crippen molar-refractivity contribution in [3.63, 3.8) is 0 Å². The SMILES string of the molecule is O=C(NNC(=O)c1ccc(-c2ccccc2Cl)o1)c1ccc2c(c1)OCCO2. The third-order valence-corrected chi connectivity index (χ3v) is 4.39. The first-order valence-corrected chi connectivity index (χ1v) is 8.85. The Kier molecular flexibility index (Phi) is 4.90. The van der Waals surface area contributed by atoms with E-state index in [4.69, 9.17) is 25.5 Å². The maximum atomic E-state index is 12.3. The molecule has 142 valence electrons. The van der Waals surface area contributed by atoms with Crippen LogP contribution >= 0.6 is 11.6 Å². The van der Waals surface area contributed by atoms with Crippen molar-refractivity contribution in [1.82, 2.24) is 10.9 Å². The predicted molar refractivity (Wildman–Crippen MR) is 102 cm³/mol. The first-order chi connectivity index (χ1) is 13.6. The number of furan rings is 1. The zero-order chi connectivity index (χ0) is 19.5. The van der Waals surface area contributed by atoms with Crippen LogP contribution in [0.5, 0.6) is 11.5 Å². The summed E-state index contributed by atoms with van der Waals surface area (Å²) in [6.07, 6.45) is 0. The largest absolute Gasteiger partial charge is 0.486 e. The van der Waals surface area contributed by atoms with E-state index < -0.39 is 11.8 Å². The standard InChI is InChI=1S/C20H15ClN2O5/c21-14-4-2-1-3-13(14)15-7-8-17(28-15)20(25)23-22-19(24)12-5-6-16-18(11-12)27-10-9-26-16/h1-8,11H,9-10H2,(H,22,24)(H,23,25). The molecule has 1 aromatic heterocycles. The van der Waals surface area contributed by atoms with E-state index in [1.165, 1.54) is 6.07 Å². The lowest BCUT2D eigenvalue weighted by molar-refractivity contribution is 0.0831. The first kappa shape index (κ1) is 17.9. The molecule has 8 heteroatoms. The molecule has 2 N–H and O–H groups in total. The van der Waals surface area contributed by atoms with Crippen LogP contribution in [0.1, 0.15) is 20.9 Å². The Morgan fingerprint density at radius 2 is 1.61 bits per heavy atom. The second kappa shape index (κ2) is 7.66. The highest BCUT2D eigenvalue weighted by atomic mass is 35.5. The topological polar surface area (TPSA) is 89.8 Å². The number of carbonyl (C=O) groups excluding carboxylic acids is 2. The third-order valence-electron chi connectivity index (χ3n) is 4.06. The highest BCUT2D eigenvalue weighted by Gasteiger charge is 2.17. The number of ether oxygens (including phenoxy) is 2. The van der Waals surface area contributed by atoms with Gasteiger partial charge in [-0.1, -0.05) is 23.7 Å². The maximum absolute atomic E-state index is 12.3. The molecule has 0 fully saturated rings. The molecule has 28 heavy (non-hydrogen) atoms. The molecule has 0 atom stereocenters. The molecule has 2 amide bonds. The Bertz CT molecular complexity index is 1050. The molecular formula is C20H15ClN2O5. The summed E-state index contributed by atoms with van der Waals surface area (Å²) in [6, 6.07) is 15.1. The fraction of sp³-hybridized carbons (Fsp3) is 0.100. The normalized spacial score (nSPS) is 12.3. The van der Waals surface area contributed by atoms with Crippen molar-refractivity contribution >= 4 is 23.4 Å². The molecule has 0 saturated carbocycles. The van der Waals surface area contributed by atoms with E-state index in [0.29, 0.717) is 46.6 Å². The van der Waals surface area contributed by atoms with Gasteiger partial charge in [0.15, 0.2) is 17.3 Å². The fourth-order valence-corrected chi connectivity index (χ4v) is 2.93. The van der Waals surface area contributed by atoms with Crippen molar-refractivity contribution in [3.05, 3.63) is 70.9 Å². The minimum atomic E-state index is -0.593. The van der Waals surface area contributed by atoms with Crippen molar-refractivity contribution in [3.8, 4) is 22.8 Å². The highest BCUT2D eigenvalue weighted by molar-refractivity contribution is 6.33. The lowest BCUT2D eigenvalue weighted by Gasteiger charge is -2.18.